The van der Waals surface area contributed by atoms with Crippen molar-refractivity contribution in [3.8, 4) is 0 Å². The van der Waals surface area contributed by atoms with Gasteiger partial charge in [0.05, 0.1) is 11.5 Å². The van der Waals surface area contributed by atoms with Crippen molar-refractivity contribution in [3.63, 3.8) is 0 Å². The molecule has 0 aliphatic carbocycles. The van der Waals surface area contributed by atoms with Gasteiger partial charge in [0.15, 0.2) is 5.00 Å². The number of nitrogens with zero attached hydrogens (tertiary/aromatic N) is 1. The lowest BCUT2D eigenvalue weighted by Crippen LogP contribution is -2.28. The van der Waals surface area contributed by atoms with Crippen LogP contribution < -0.4 is 10.5 Å². The Kier molecular flexibility index (Phi) is 5.49. The summed E-state index contributed by atoms with van der Waals surface area (Å²) in [6.07, 6.45) is -4.50. The van der Waals surface area contributed by atoms with Crippen molar-refractivity contribution in [3.05, 3.63) is 16.2 Å². The summed E-state index contributed by atoms with van der Waals surface area (Å²) in [7, 11) is -4.09. The van der Waals surface area contributed by atoms with E-state index in [0.29, 0.717) is 11.3 Å². The molecule has 1 aromatic heterocycles. The predicted octanol–water partition coefficient (Wildman–Crippen LogP) is 1.10. The molecule has 0 aliphatic rings. The number of nitrogen functional groups attached to an aromatic ring is 1. The standard InChI is InChI=1S/C8H10F3N3O5S2/c9-8(10,11)4-19-2-1-13-21(17,18)6-3-5(14(15)16)7(12)20-6/h3,13H,1-2,4,12H2. The van der Waals surface area contributed by atoms with E-state index in [1.165, 1.54) is 0 Å². The number of halogens is 3. The van der Waals surface area contributed by atoms with Crippen molar-refractivity contribution >= 4 is 32.0 Å². The zero-order valence-corrected chi connectivity index (χ0v) is 11.8. The number of ether oxygens (including phenoxy) is 1. The second-order valence-electron chi connectivity index (χ2n) is 3.64. The molecule has 0 atom stereocenters. The van der Waals surface area contributed by atoms with Crippen LogP contribution in [0.5, 0.6) is 0 Å². The first-order valence-corrected chi connectivity index (χ1v) is 7.51. The first-order chi connectivity index (χ1) is 9.53. The van der Waals surface area contributed by atoms with Gasteiger partial charge in [0.1, 0.15) is 10.8 Å². The number of nitrogens with two attached hydrogens (primary N) is 1. The van der Waals surface area contributed by atoms with Crippen LogP contribution in [0.15, 0.2) is 10.3 Å². The highest BCUT2D eigenvalue weighted by Gasteiger charge is 2.28. The quantitative estimate of drug-likeness (QED) is 0.431. The highest BCUT2D eigenvalue weighted by atomic mass is 32.2. The number of alkyl halides is 3. The van der Waals surface area contributed by atoms with Crippen LogP contribution in [0.3, 0.4) is 0 Å². The summed E-state index contributed by atoms with van der Waals surface area (Å²) in [6.45, 7) is -2.40. The van der Waals surface area contributed by atoms with E-state index >= 15 is 0 Å². The van der Waals surface area contributed by atoms with Gasteiger partial charge in [-0.25, -0.2) is 13.1 Å². The first-order valence-electron chi connectivity index (χ1n) is 5.21. The van der Waals surface area contributed by atoms with Crippen LogP contribution >= 0.6 is 11.3 Å². The molecule has 0 saturated heterocycles. The molecular formula is C8H10F3N3O5S2. The van der Waals surface area contributed by atoms with Crippen LogP contribution in [0.1, 0.15) is 0 Å². The van der Waals surface area contributed by atoms with Gasteiger partial charge in [-0.2, -0.15) is 13.2 Å². The van der Waals surface area contributed by atoms with E-state index in [-0.39, 0.29) is 5.00 Å². The third kappa shape index (κ3) is 5.45. The molecule has 1 aromatic rings. The van der Waals surface area contributed by atoms with Gasteiger partial charge in [0, 0.05) is 12.6 Å². The average Bonchev–Trinajstić information content (AvgIpc) is 2.70. The van der Waals surface area contributed by atoms with Gasteiger partial charge in [-0.3, -0.25) is 10.1 Å². The van der Waals surface area contributed by atoms with E-state index in [2.05, 4.69) is 4.74 Å². The van der Waals surface area contributed by atoms with Crippen molar-refractivity contribution < 1.29 is 31.2 Å². The first kappa shape index (κ1) is 17.6. The molecule has 8 nitrogen and oxygen atoms in total. The molecule has 0 amide bonds. The zero-order chi connectivity index (χ0) is 16.3. The monoisotopic (exact) mass is 349 g/mol. The Balaban J connectivity index is 2.58. The number of hydrogen-bond donors (Lipinski definition) is 2. The fraction of sp³-hybridized carbons (Fsp3) is 0.500. The maximum atomic E-state index is 11.8. The minimum absolute atomic E-state index is 0.284. The van der Waals surface area contributed by atoms with Crippen molar-refractivity contribution in [1.29, 1.82) is 0 Å². The van der Waals surface area contributed by atoms with Crippen molar-refractivity contribution in [1.82, 2.24) is 4.72 Å². The van der Waals surface area contributed by atoms with Crippen LogP contribution in [-0.2, 0) is 14.8 Å². The van der Waals surface area contributed by atoms with E-state index in [9.17, 15) is 31.7 Å². The molecule has 1 heterocycles. The Morgan fingerprint density at radius 1 is 1.48 bits per heavy atom. The number of anilines is 1. The SMILES string of the molecule is Nc1sc(S(=O)(=O)NCCOCC(F)(F)F)cc1[N+](=O)[O-]. The topological polar surface area (TPSA) is 125 Å². The van der Waals surface area contributed by atoms with Gasteiger partial charge >= 0.3 is 11.9 Å². The van der Waals surface area contributed by atoms with Gasteiger partial charge in [-0.1, -0.05) is 11.3 Å². The number of hydrogen-bond acceptors (Lipinski definition) is 7. The van der Waals surface area contributed by atoms with Crippen molar-refractivity contribution in [2.24, 2.45) is 0 Å². The van der Waals surface area contributed by atoms with E-state index < -0.39 is 50.8 Å². The molecule has 3 N–H and O–H groups in total. The third-order valence-electron chi connectivity index (χ3n) is 1.98. The minimum atomic E-state index is -4.50. The van der Waals surface area contributed by atoms with Crippen LogP contribution in [0.25, 0.3) is 0 Å². The molecule has 0 radical (unpaired) electrons. The zero-order valence-electron chi connectivity index (χ0n) is 10.2. The minimum Gasteiger partial charge on any atom is -0.385 e. The van der Waals surface area contributed by atoms with Gasteiger partial charge < -0.3 is 10.5 Å². The molecule has 13 heteroatoms. The van der Waals surface area contributed by atoms with Crippen LogP contribution in [0.4, 0.5) is 23.9 Å². The summed E-state index contributed by atoms with van der Waals surface area (Å²) in [5.41, 5.74) is 4.75. The van der Waals surface area contributed by atoms with Crippen LogP contribution in [-0.4, -0.2) is 39.3 Å². The van der Waals surface area contributed by atoms with E-state index in [1.807, 2.05) is 4.72 Å². The molecule has 0 unspecified atom stereocenters. The smallest absolute Gasteiger partial charge is 0.385 e. The van der Waals surface area contributed by atoms with Gasteiger partial charge in [-0.15, -0.1) is 0 Å². The molecule has 0 saturated carbocycles. The van der Waals surface area contributed by atoms with Gasteiger partial charge in [0.2, 0.25) is 10.0 Å². The van der Waals surface area contributed by atoms with Crippen molar-refractivity contribution in [2.45, 2.75) is 10.4 Å². The van der Waals surface area contributed by atoms with E-state index in [4.69, 9.17) is 5.73 Å². The Hall–Kier alpha value is -1.44. The molecule has 120 valence electrons. The Bertz CT molecular complexity index is 613. The lowest BCUT2D eigenvalue weighted by Gasteiger charge is -2.08. The van der Waals surface area contributed by atoms with E-state index in [1.54, 1.807) is 0 Å². The Labute approximate surface area is 120 Å². The number of nitrogens with one attached hydrogen (secondary N) is 1. The number of thiophene rings is 1. The number of rotatable bonds is 7. The number of nitro groups is 1. The molecule has 21 heavy (non-hydrogen) atoms. The molecule has 0 aromatic carbocycles. The molecule has 1 rings (SSSR count). The fourth-order valence-corrected chi connectivity index (χ4v) is 3.43. The fourth-order valence-electron chi connectivity index (χ4n) is 1.16. The molecule has 0 bridgehead atoms. The van der Waals surface area contributed by atoms with Crippen LogP contribution in [0.2, 0.25) is 0 Å². The van der Waals surface area contributed by atoms with E-state index in [0.717, 1.165) is 6.07 Å². The highest BCUT2D eigenvalue weighted by molar-refractivity contribution is 7.91. The van der Waals surface area contributed by atoms with Crippen molar-refractivity contribution in [2.75, 3.05) is 25.5 Å². The lowest BCUT2D eigenvalue weighted by molar-refractivity contribution is -0.383. The Morgan fingerprint density at radius 3 is 2.57 bits per heavy atom. The second kappa shape index (κ2) is 6.55. The normalized spacial score (nSPS) is 12.5. The summed E-state index contributed by atoms with van der Waals surface area (Å²) in [4.78, 5) is 9.71. The Morgan fingerprint density at radius 2 is 2.10 bits per heavy atom. The summed E-state index contributed by atoms with van der Waals surface area (Å²) >= 11 is 0.483. The largest absolute Gasteiger partial charge is 0.411 e. The number of sulfonamides is 1. The molecular weight excluding hydrogens is 339 g/mol. The predicted molar refractivity (Wildman–Crippen MR) is 67.4 cm³/mol. The summed E-state index contributed by atoms with van der Waals surface area (Å²) in [6, 6.07) is 0.777. The summed E-state index contributed by atoms with van der Waals surface area (Å²) < 4.78 is 64.5. The molecule has 0 aliphatic heterocycles. The molecule has 0 fully saturated rings. The van der Waals surface area contributed by atoms with Gasteiger partial charge in [0.25, 0.3) is 0 Å². The third-order valence-corrected chi connectivity index (χ3v) is 4.87. The highest BCUT2D eigenvalue weighted by Crippen LogP contribution is 2.34. The molecule has 0 spiro atoms. The second-order valence-corrected chi connectivity index (χ2v) is 6.72. The summed E-state index contributed by atoms with van der Waals surface area (Å²) in [5.74, 6) is 0. The van der Waals surface area contributed by atoms with Gasteiger partial charge in [-0.05, 0) is 0 Å². The van der Waals surface area contributed by atoms with Crippen LogP contribution in [0, 0.1) is 10.1 Å². The lowest BCUT2D eigenvalue weighted by atomic mass is 10.5. The maximum Gasteiger partial charge on any atom is 0.411 e. The maximum absolute atomic E-state index is 11.8. The average molecular weight is 349 g/mol. The summed E-state index contributed by atoms with van der Waals surface area (Å²) in [5, 5.41) is 10.3.